The number of methoxy groups -OCH3 is 1. The normalized spacial score (nSPS) is 17.0. The number of hydrogen-bond donors (Lipinski definition) is 2. The van der Waals surface area contributed by atoms with Crippen LogP contribution in [0, 0.1) is 0 Å². The Balaban J connectivity index is 2.12. The van der Waals surface area contributed by atoms with E-state index in [9.17, 15) is 9.59 Å². The molecule has 1 aliphatic rings. The fourth-order valence-corrected chi connectivity index (χ4v) is 1.98. The summed E-state index contributed by atoms with van der Waals surface area (Å²) in [6.45, 7) is 4.85. The Morgan fingerprint density at radius 1 is 1.56 bits per heavy atom. The lowest BCUT2D eigenvalue weighted by atomic mass is 10.3. The summed E-state index contributed by atoms with van der Waals surface area (Å²) >= 11 is 0. The largest absolute Gasteiger partial charge is 0.383 e. The molecular formula is C12H23N3O3. The Bertz CT molecular complexity index is 284. The first-order chi connectivity index (χ1) is 8.63. The van der Waals surface area contributed by atoms with Gasteiger partial charge in [-0.1, -0.05) is 0 Å². The number of amides is 2. The minimum atomic E-state index is -0.0507. The van der Waals surface area contributed by atoms with Crippen molar-refractivity contribution in [3.8, 4) is 0 Å². The summed E-state index contributed by atoms with van der Waals surface area (Å²) in [5.41, 5.74) is 0. The van der Waals surface area contributed by atoms with Gasteiger partial charge in [-0.25, -0.2) is 0 Å². The van der Waals surface area contributed by atoms with Gasteiger partial charge in [0.15, 0.2) is 0 Å². The smallest absolute Gasteiger partial charge is 0.234 e. The second kappa shape index (κ2) is 8.05. The molecule has 2 N–H and O–H groups in total. The quantitative estimate of drug-likeness (QED) is 0.567. The van der Waals surface area contributed by atoms with E-state index in [-0.39, 0.29) is 24.4 Å². The molecule has 6 heteroatoms. The molecule has 104 valence electrons. The van der Waals surface area contributed by atoms with Gasteiger partial charge in [-0.2, -0.15) is 0 Å². The van der Waals surface area contributed by atoms with E-state index in [0.717, 1.165) is 13.0 Å². The van der Waals surface area contributed by atoms with E-state index in [1.165, 1.54) is 0 Å². The average Bonchev–Trinajstić information content (AvgIpc) is 2.70. The standard InChI is InChI=1S/C12H23N3O3/c1-10(9-15-6-3-4-12(15)17)14-11(16)8-13-5-7-18-2/h10,13H,3-9H2,1-2H3,(H,14,16). The summed E-state index contributed by atoms with van der Waals surface area (Å²) in [5.74, 6) is 0.138. The first-order valence-corrected chi connectivity index (χ1v) is 6.40. The van der Waals surface area contributed by atoms with Gasteiger partial charge in [0, 0.05) is 39.2 Å². The highest BCUT2D eigenvalue weighted by Gasteiger charge is 2.22. The topological polar surface area (TPSA) is 70.7 Å². The van der Waals surface area contributed by atoms with Crippen LogP contribution in [-0.4, -0.2) is 62.7 Å². The van der Waals surface area contributed by atoms with E-state index in [1.807, 2.05) is 11.8 Å². The first kappa shape index (κ1) is 14.9. The maximum Gasteiger partial charge on any atom is 0.234 e. The molecule has 1 rings (SSSR count). The number of carbonyl (C=O) groups excluding carboxylic acids is 2. The summed E-state index contributed by atoms with van der Waals surface area (Å²) in [6, 6.07) is -0.0104. The molecule has 0 aromatic carbocycles. The average molecular weight is 257 g/mol. The zero-order valence-corrected chi connectivity index (χ0v) is 11.2. The molecule has 1 aliphatic heterocycles. The van der Waals surface area contributed by atoms with Gasteiger partial charge in [0.25, 0.3) is 0 Å². The molecule has 0 aromatic rings. The molecule has 0 aliphatic carbocycles. The van der Waals surface area contributed by atoms with Crippen molar-refractivity contribution in [1.29, 1.82) is 0 Å². The summed E-state index contributed by atoms with van der Waals surface area (Å²) in [4.78, 5) is 24.8. The summed E-state index contributed by atoms with van der Waals surface area (Å²) in [7, 11) is 1.62. The number of nitrogens with zero attached hydrogens (tertiary/aromatic N) is 1. The van der Waals surface area contributed by atoms with E-state index in [2.05, 4.69) is 10.6 Å². The molecule has 6 nitrogen and oxygen atoms in total. The number of rotatable bonds is 8. The van der Waals surface area contributed by atoms with Gasteiger partial charge < -0.3 is 20.3 Å². The predicted molar refractivity (Wildman–Crippen MR) is 68.2 cm³/mol. The van der Waals surface area contributed by atoms with Crippen molar-refractivity contribution in [1.82, 2.24) is 15.5 Å². The van der Waals surface area contributed by atoms with Crippen LogP contribution in [0.15, 0.2) is 0 Å². The fourth-order valence-electron chi connectivity index (χ4n) is 1.98. The summed E-state index contributed by atoms with van der Waals surface area (Å²) in [6.07, 6.45) is 1.57. The molecule has 1 saturated heterocycles. The molecule has 1 unspecified atom stereocenters. The zero-order chi connectivity index (χ0) is 13.4. The number of hydrogen-bond acceptors (Lipinski definition) is 4. The number of ether oxygens (including phenoxy) is 1. The van der Waals surface area contributed by atoms with Crippen LogP contribution < -0.4 is 10.6 Å². The van der Waals surface area contributed by atoms with E-state index in [4.69, 9.17) is 4.74 Å². The van der Waals surface area contributed by atoms with Crippen molar-refractivity contribution < 1.29 is 14.3 Å². The minimum absolute atomic E-state index is 0.0104. The highest BCUT2D eigenvalue weighted by atomic mass is 16.5. The lowest BCUT2D eigenvalue weighted by molar-refractivity contribution is -0.128. The molecule has 0 radical (unpaired) electrons. The van der Waals surface area contributed by atoms with Crippen LogP contribution in [0.3, 0.4) is 0 Å². The van der Waals surface area contributed by atoms with Gasteiger partial charge >= 0.3 is 0 Å². The van der Waals surface area contributed by atoms with Gasteiger partial charge in [-0.3, -0.25) is 9.59 Å². The third-order valence-electron chi connectivity index (χ3n) is 2.84. The van der Waals surface area contributed by atoms with Crippen molar-refractivity contribution in [2.24, 2.45) is 0 Å². The SMILES string of the molecule is COCCNCC(=O)NC(C)CN1CCCC1=O. The van der Waals surface area contributed by atoms with Crippen molar-refractivity contribution >= 4 is 11.8 Å². The molecule has 2 amide bonds. The van der Waals surface area contributed by atoms with E-state index in [1.54, 1.807) is 7.11 Å². The van der Waals surface area contributed by atoms with Crippen LogP contribution in [-0.2, 0) is 14.3 Å². The predicted octanol–water partition coefficient (Wildman–Crippen LogP) is -0.650. The molecule has 1 fully saturated rings. The monoisotopic (exact) mass is 257 g/mol. The Morgan fingerprint density at radius 2 is 2.33 bits per heavy atom. The molecule has 0 saturated carbocycles. The van der Waals surface area contributed by atoms with Gasteiger partial charge in [0.2, 0.25) is 11.8 Å². The van der Waals surface area contributed by atoms with E-state index in [0.29, 0.717) is 26.1 Å². The maximum absolute atomic E-state index is 11.6. The van der Waals surface area contributed by atoms with Gasteiger partial charge in [-0.05, 0) is 13.3 Å². The Hall–Kier alpha value is -1.14. The van der Waals surface area contributed by atoms with Crippen LogP contribution in [0.2, 0.25) is 0 Å². The lowest BCUT2D eigenvalue weighted by Gasteiger charge is -2.21. The van der Waals surface area contributed by atoms with Crippen LogP contribution >= 0.6 is 0 Å². The highest BCUT2D eigenvalue weighted by molar-refractivity contribution is 5.79. The third-order valence-corrected chi connectivity index (χ3v) is 2.84. The second-order valence-electron chi connectivity index (χ2n) is 4.58. The minimum Gasteiger partial charge on any atom is -0.383 e. The van der Waals surface area contributed by atoms with Crippen LogP contribution in [0.4, 0.5) is 0 Å². The fraction of sp³-hybridized carbons (Fsp3) is 0.833. The maximum atomic E-state index is 11.6. The van der Waals surface area contributed by atoms with Gasteiger partial charge in [0.05, 0.1) is 13.2 Å². The lowest BCUT2D eigenvalue weighted by Crippen LogP contribution is -2.45. The highest BCUT2D eigenvalue weighted by Crippen LogP contribution is 2.09. The van der Waals surface area contributed by atoms with Crippen LogP contribution in [0.5, 0.6) is 0 Å². The van der Waals surface area contributed by atoms with Crippen LogP contribution in [0.1, 0.15) is 19.8 Å². The van der Waals surface area contributed by atoms with Crippen molar-refractivity contribution in [2.75, 3.05) is 39.9 Å². The van der Waals surface area contributed by atoms with E-state index < -0.39 is 0 Å². The second-order valence-corrected chi connectivity index (χ2v) is 4.58. The molecule has 0 bridgehead atoms. The molecule has 1 atom stereocenters. The summed E-state index contributed by atoms with van der Waals surface area (Å²) < 4.78 is 4.87. The molecule has 0 aromatic heterocycles. The van der Waals surface area contributed by atoms with Crippen molar-refractivity contribution in [3.63, 3.8) is 0 Å². The van der Waals surface area contributed by atoms with Crippen molar-refractivity contribution in [2.45, 2.75) is 25.8 Å². The molecule has 0 spiro atoms. The Labute approximate surface area is 108 Å². The van der Waals surface area contributed by atoms with Crippen LogP contribution in [0.25, 0.3) is 0 Å². The number of likely N-dealkylation sites (tertiary alicyclic amines) is 1. The number of carbonyl (C=O) groups is 2. The van der Waals surface area contributed by atoms with Crippen molar-refractivity contribution in [3.05, 3.63) is 0 Å². The van der Waals surface area contributed by atoms with Gasteiger partial charge in [-0.15, -0.1) is 0 Å². The Kier molecular flexibility index (Phi) is 6.67. The number of nitrogens with one attached hydrogen (secondary N) is 2. The zero-order valence-electron chi connectivity index (χ0n) is 11.2. The molecule has 18 heavy (non-hydrogen) atoms. The first-order valence-electron chi connectivity index (χ1n) is 6.40. The van der Waals surface area contributed by atoms with Gasteiger partial charge in [0.1, 0.15) is 0 Å². The third kappa shape index (κ3) is 5.46. The molecule has 1 heterocycles. The van der Waals surface area contributed by atoms with E-state index >= 15 is 0 Å². The Morgan fingerprint density at radius 3 is 2.94 bits per heavy atom. The summed E-state index contributed by atoms with van der Waals surface area (Å²) in [5, 5.41) is 5.84. The molecular weight excluding hydrogens is 234 g/mol.